The van der Waals surface area contributed by atoms with Gasteiger partial charge < -0.3 is 9.29 Å². The molecule has 0 radical (unpaired) electrons. The van der Waals surface area contributed by atoms with E-state index in [1.807, 2.05) is 13.8 Å². The van der Waals surface area contributed by atoms with Crippen LogP contribution in [0.25, 0.3) is 0 Å². The van der Waals surface area contributed by atoms with Crippen LogP contribution in [0.4, 0.5) is 0 Å². The van der Waals surface area contributed by atoms with Crippen LogP contribution in [0.15, 0.2) is 0 Å². The quantitative estimate of drug-likeness (QED) is 0.517. The van der Waals surface area contributed by atoms with Gasteiger partial charge in [-0.25, -0.2) is 0 Å². The second-order valence-electron chi connectivity index (χ2n) is 3.78. The van der Waals surface area contributed by atoms with Crippen molar-refractivity contribution in [1.82, 2.24) is 0 Å². The zero-order valence-corrected chi connectivity index (χ0v) is 9.80. The summed E-state index contributed by atoms with van der Waals surface area (Å²) >= 11 is -2.39. The topological polar surface area (TPSA) is 66.4 Å². The van der Waals surface area contributed by atoms with Crippen LogP contribution in [0.2, 0.25) is 0 Å². The fourth-order valence-corrected chi connectivity index (χ4v) is 1.30. The molecular weight excluding hydrogens is 204 g/mol. The molecule has 0 bridgehead atoms. The lowest BCUT2D eigenvalue weighted by Crippen LogP contribution is -2.28. The zero-order chi connectivity index (χ0) is 11.3. The van der Waals surface area contributed by atoms with Gasteiger partial charge in [-0.1, -0.05) is 13.8 Å². The average Bonchev–Trinajstić information content (AvgIpc) is 2.00. The number of carbonyl (C=O) groups excluding carboxylic acids is 1. The second kappa shape index (κ2) is 6.14. The molecule has 0 saturated carbocycles. The SMILES string of the molecule is CC(C)CC(C)OC(=O)C(C)S(=O)[O-]. The fourth-order valence-electron chi connectivity index (χ4n) is 1.08. The molecular formula is C9H17O4S-. The Bertz CT molecular complexity index is 215. The molecule has 0 aliphatic rings. The number of hydrogen-bond acceptors (Lipinski definition) is 4. The van der Waals surface area contributed by atoms with Gasteiger partial charge in [-0.3, -0.25) is 9.00 Å². The maximum atomic E-state index is 11.2. The van der Waals surface area contributed by atoms with Crippen molar-refractivity contribution in [3.8, 4) is 0 Å². The molecule has 4 nitrogen and oxygen atoms in total. The predicted molar refractivity (Wildman–Crippen MR) is 53.4 cm³/mol. The smallest absolute Gasteiger partial charge is 0.320 e. The van der Waals surface area contributed by atoms with Crippen LogP contribution < -0.4 is 0 Å². The molecule has 0 heterocycles. The van der Waals surface area contributed by atoms with Crippen LogP contribution in [-0.2, 0) is 20.6 Å². The highest BCUT2D eigenvalue weighted by molar-refractivity contribution is 7.80. The van der Waals surface area contributed by atoms with E-state index in [-0.39, 0.29) is 6.10 Å². The van der Waals surface area contributed by atoms with E-state index in [9.17, 15) is 13.6 Å². The molecule has 5 heteroatoms. The highest BCUT2D eigenvalue weighted by atomic mass is 32.2. The monoisotopic (exact) mass is 221 g/mol. The summed E-state index contributed by atoms with van der Waals surface area (Å²) in [6, 6.07) is 0. The minimum absolute atomic E-state index is 0.228. The van der Waals surface area contributed by atoms with E-state index < -0.39 is 22.3 Å². The molecule has 3 unspecified atom stereocenters. The summed E-state index contributed by atoms with van der Waals surface area (Å²) in [5, 5.41) is -1.08. The molecule has 0 aromatic carbocycles. The van der Waals surface area contributed by atoms with Gasteiger partial charge in [0.05, 0.1) is 6.10 Å². The molecule has 0 aromatic heterocycles. The number of hydrogen-bond donors (Lipinski definition) is 0. The van der Waals surface area contributed by atoms with Crippen LogP contribution in [0.1, 0.15) is 34.1 Å². The first-order valence-corrected chi connectivity index (χ1v) is 5.77. The molecule has 0 amide bonds. The van der Waals surface area contributed by atoms with Gasteiger partial charge in [0.15, 0.2) is 0 Å². The summed E-state index contributed by atoms with van der Waals surface area (Å²) in [7, 11) is 0. The van der Waals surface area contributed by atoms with Crippen molar-refractivity contribution in [1.29, 1.82) is 0 Å². The highest BCUT2D eigenvalue weighted by Gasteiger charge is 2.18. The highest BCUT2D eigenvalue weighted by Crippen LogP contribution is 2.09. The molecule has 0 aromatic rings. The Kier molecular flexibility index (Phi) is 5.95. The van der Waals surface area contributed by atoms with Crippen molar-refractivity contribution < 1.29 is 18.3 Å². The summed E-state index contributed by atoms with van der Waals surface area (Å²) in [5.41, 5.74) is 0. The Morgan fingerprint density at radius 1 is 1.36 bits per heavy atom. The number of carbonyl (C=O) groups is 1. The van der Waals surface area contributed by atoms with E-state index in [1.165, 1.54) is 6.92 Å². The standard InChI is InChI=1S/C9H18O4S/c1-6(2)5-7(3)13-9(10)8(4)14(11)12/h6-8H,5H2,1-4H3,(H,11,12)/p-1. The Balaban J connectivity index is 3.99. The molecule has 14 heavy (non-hydrogen) atoms. The van der Waals surface area contributed by atoms with Crippen LogP contribution in [0.5, 0.6) is 0 Å². The summed E-state index contributed by atoms with van der Waals surface area (Å²) in [5.74, 6) is -0.252. The Labute approximate surface area is 87.3 Å². The number of ether oxygens (including phenoxy) is 1. The van der Waals surface area contributed by atoms with E-state index in [2.05, 4.69) is 0 Å². The van der Waals surface area contributed by atoms with Gasteiger partial charge in [0.1, 0.15) is 5.25 Å². The maximum absolute atomic E-state index is 11.2. The molecule has 0 aliphatic heterocycles. The van der Waals surface area contributed by atoms with Crippen LogP contribution >= 0.6 is 0 Å². The molecule has 0 saturated heterocycles. The molecule has 3 atom stereocenters. The van der Waals surface area contributed by atoms with E-state index in [0.717, 1.165) is 6.42 Å². The Morgan fingerprint density at radius 3 is 2.21 bits per heavy atom. The lowest BCUT2D eigenvalue weighted by atomic mass is 10.1. The van der Waals surface area contributed by atoms with E-state index in [1.54, 1.807) is 6.92 Å². The first-order chi connectivity index (χ1) is 6.34. The Morgan fingerprint density at radius 2 is 1.86 bits per heavy atom. The van der Waals surface area contributed by atoms with Crippen molar-refractivity contribution in [2.24, 2.45) is 5.92 Å². The van der Waals surface area contributed by atoms with Crippen molar-refractivity contribution in [2.75, 3.05) is 0 Å². The van der Waals surface area contributed by atoms with E-state index in [0.29, 0.717) is 5.92 Å². The lowest BCUT2D eigenvalue weighted by Gasteiger charge is -2.19. The summed E-state index contributed by atoms with van der Waals surface area (Å²) in [6.07, 6.45) is 0.512. The summed E-state index contributed by atoms with van der Waals surface area (Å²) in [4.78, 5) is 11.2. The first kappa shape index (κ1) is 13.6. The van der Waals surface area contributed by atoms with Crippen molar-refractivity contribution in [2.45, 2.75) is 45.5 Å². The van der Waals surface area contributed by atoms with Crippen LogP contribution in [0, 0.1) is 5.92 Å². The maximum Gasteiger partial charge on any atom is 0.320 e. The third kappa shape index (κ3) is 5.34. The van der Waals surface area contributed by atoms with Crippen molar-refractivity contribution >= 4 is 17.0 Å². The number of esters is 1. The third-order valence-electron chi connectivity index (χ3n) is 1.74. The molecule has 0 N–H and O–H groups in total. The number of rotatable bonds is 5. The molecule has 0 aliphatic carbocycles. The molecule has 0 spiro atoms. The minimum atomic E-state index is -2.39. The van der Waals surface area contributed by atoms with Gasteiger partial charge in [-0.15, -0.1) is 0 Å². The zero-order valence-electron chi connectivity index (χ0n) is 8.98. The van der Waals surface area contributed by atoms with Crippen LogP contribution in [0.3, 0.4) is 0 Å². The Hall–Kier alpha value is -0.420. The van der Waals surface area contributed by atoms with Gasteiger partial charge >= 0.3 is 5.97 Å². The van der Waals surface area contributed by atoms with E-state index >= 15 is 0 Å². The molecule has 0 fully saturated rings. The van der Waals surface area contributed by atoms with Gasteiger partial charge in [-0.05, 0) is 37.3 Å². The van der Waals surface area contributed by atoms with E-state index in [4.69, 9.17) is 4.74 Å². The first-order valence-electron chi connectivity index (χ1n) is 4.63. The van der Waals surface area contributed by atoms with Gasteiger partial charge in [-0.2, -0.15) is 0 Å². The third-order valence-corrected chi connectivity index (χ3v) is 2.51. The molecule has 84 valence electrons. The average molecular weight is 221 g/mol. The van der Waals surface area contributed by atoms with Crippen molar-refractivity contribution in [3.05, 3.63) is 0 Å². The van der Waals surface area contributed by atoms with Gasteiger partial charge in [0.25, 0.3) is 0 Å². The van der Waals surface area contributed by atoms with Gasteiger partial charge in [0.2, 0.25) is 0 Å². The largest absolute Gasteiger partial charge is 0.772 e. The summed E-state index contributed by atoms with van der Waals surface area (Å²) < 4.78 is 25.8. The minimum Gasteiger partial charge on any atom is -0.772 e. The van der Waals surface area contributed by atoms with Gasteiger partial charge in [0, 0.05) is 0 Å². The second-order valence-corrected chi connectivity index (χ2v) is 5.01. The molecule has 0 rings (SSSR count). The lowest BCUT2D eigenvalue weighted by molar-refractivity contribution is -0.148. The normalized spacial score (nSPS) is 17.6. The van der Waals surface area contributed by atoms with Crippen LogP contribution in [-0.4, -0.2) is 26.1 Å². The fraction of sp³-hybridized carbons (Fsp3) is 0.889. The predicted octanol–water partition coefficient (Wildman–Crippen LogP) is 1.23. The van der Waals surface area contributed by atoms with Crippen molar-refractivity contribution in [3.63, 3.8) is 0 Å². The summed E-state index contributed by atoms with van der Waals surface area (Å²) in [6.45, 7) is 7.10.